The molecule has 2 unspecified atom stereocenters. The minimum absolute atomic E-state index is 0.0464. The fourth-order valence-electron chi connectivity index (χ4n) is 3.69. The molecule has 0 saturated carbocycles. The van der Waals surface area contributed by atoms with Crippen molar-refractivity contribution < 1.29 is 22.3 Å². The maximum Gasteiger partial charge on any atom is 0.416 e. The van der Waals surface area contributed by atoms with Crippen LogP contribution in [-0.2, 0) is 10.9 Å². The van der Waals surface area contributed by atoms with Crippen LogP contribution in [0.1, 0.15) is 39.2 Å². The Morgan fingerprint density at radius 3 is 2.66 bits per heavy atom. The van der Waals surface area contributed by atoms with Gasteiger partial charge in [-0.05, 0) is 49.1 Å². The van der Waals surface area contributed by atoms with Gasteiger partial charge in [0.25, 0.3) is 0 Å². The molecule has 3 N–H and O–H groups in total. The van der Waals surface area contributed by atoms with E-state index in [1.54, 1.807) is 12.3 Å². The second kappa shape index (κ2) is 13.7. The van der Waals surface area contributed by atoms with Crippen molar-refractivity contribution in [2.75, 3.05) is 29.2 Å². The zero-order valence-electron chi connectivity index (χ0n) is 21.5. The van der Waals surface area contributed by atoms with E-state index in [1.165, 1.54) is 6.07 Å². The first-order valence-electron chi connectivity index (χ1n) is 12.4. The molecule has 204 valence electrons. The Balaban J connectivity index is 1.66. The minimum Gasteiger partial charge on any atom is -0.377 e. The van der Waals surface area contributed by atoms with Gasteiger partial charge in [-0.2, -0.15) is 23.3 Å². The lowest BCUT2D eigenvalue weighted by molar-refractivity contribution is -0.137. The average Bonchev–Trinajstić information content (AvgIpc) is 3.09. The Kier molecular flexibility index (Phi) is 10.4. The van der Waals surface area contributed by atoms with E-state index in [0.29, 0.717) is 25.3 Å². The van der Waals surface area contributed by atoms with Crippen LogP contribution in [-0.4, -0.2) is 41.5 Å². The predicted molar refractivity (Wildman–Crippen MR) is 143 cm³/mol. The summed E-state index contributed by atoms with van der Waals surface area (Å²) in [6, 6.07) is 4.76. The highest BCUT2D eigenvalue weighted by Gasteiger charge is 2.30. The molecule has 0 radical (unpaired) electrons. The second-order valence-corrected chi connectivity index (χ2v) is 8.43. The second-order valence-electron chi connectivity index (χ2n) is 8.43. The van der Waals surface area contributed by atoms with Crippen molar-refractivity contribution in [1.29, 1.82) is 0 Å². The van der Waals surface area contributed by atoms with Crippen molar-refractivity contribution in [1.82, 2.24) is 9.97 Å². The maximum atomic E-state index is 14.2. The number of aromatic nitrogens is 2. The van der Waals surface area contributed by atoms with Gasteiger partial charge in [0.15, 0.2) is 11.6 Å². The summed E-state index contributed by atoms with van der Waals surface area (Å²) < 4.78 is 58.8. The van der Waals surface area contributed by atoms with Gasteiger partial charge in [0, 0.05) is 18.8 Å². The van der Waals surface area contributed by atoms with E-state index < -0.39 is 17.6 Å². The molecule has 1 aliphatic rings. The summed E-state index contributed by atoms with van der Waals surface area (Å²) in [5.74, 6) is -0.423. The van der Waals surface area contributed by atoms with Gasteiger partial charge in [0.2, 0.25) is 5.95 Å². The fraction of sp³-hybridized carbons (Fsp3) is 0.370. The molecule has 0 fully saturated rings. The smallest absolute Gasteiger partial charge is 0.377 e. The van der Waals surface area contributed by atoms with E-state index in [2.05, 4.69) is 31.1 Å². The standard InChI is InChI=1S/C27H32F4N6O/c1-4-18-10-12-21(35-22-9-7-8-20(14-22)27(29,30)31)13-11-19(18)15-34-37-26-33-17-24(28)25(36-26)32-16-23(5-2)38-6-3/h7-15,17,21,23,35H,4-6,16H2,1-3H3,(H2,32,33,36,37)/b34-15+. The molecule has 38 heavy (non-hydrogen) atoms. The number of allylic oxidation sites excluding steroid dienone is 4. The van der Waals surface area contributed by atoms with Crippen molar-refractivity contribution in [2.24, 2.45) is 5.10 Å². The van der Waals surface area contributed by atoms with E-state index in [4.69, 9.17) is 4.74 Å². The predicted octanol–water partition coefficient (Wildman–Crippen LogP) is 6.57. The number of hydrogen-bond donors (Lipinski definition) is 3. The molecular formula is C27H32F4N6O. The molecular weight excluding hydrogens is 500 g/mol. The Hall–Kier alpha value is -3.73. The van der Waals surface area contributed by atoms with Crippen LogP contribution >= 0.6 is 0 Å². The van der Waals surface area contributed by atoms with Crippen LogP contribution in [0.5, 0.6) is 0 Å². The lowest BCUT2D eigenvalue weighted by atomic mass is 10.1. The first-order chi connectivity index (χ1) is 18.2. The number of halogens is 4. The Labute approximate surface area is 219 Å². The molecule has 1 heterocycles. The van der Waals surface area contributed by atoms with Crippen LogP contribution in [0, 0.1) is 5.82 Å². The third-order valence-electron chi connectivity index (χ3n) is 5.73. The Morgan fingerprint density at radius 1 is 1.16 bits per heavy atom. The van der Waals surface area contributed by atoms with E-state index in [0.717, 1.165) is 35.9 Å². The number of nitrogens with one attached hydrogen (secondary N) is 3. The van der Waals surface area contributed by atoms with Gasteiger partial charge in [-0.15, -0.1) is 0 Å². The SMILES string of the molecule is CCOC(CC)CNc1nc(N/N=C/C2=C(CC)C=CC(Nc3cccc(C(F)(F)F)c3)C=C2)ncc1F. The number of hydrogen-bond acceptors (Lipinski definition) is 7. The topological polar surface area (TPSA) is 83.5 Å². The molecule has 0 saturated heterocycles. The molecule has 7 nitrogen and oxygen atoms in total. The van der Waals surface area contributed by atoms with E-state index in [9.17, 15) is 17.6 Å². The monoisotopic (exact) mass is 532 g/mol. The first-order valence-corrected chi connectivity index (χ1v) is 12.4. The van der Waals surface area contributed by atoms with Crippen molar-refractivity contribution in [3.05, 3.63) is 77.3 Å². The van der Waals surface area contributed by atoms with Crippen LogP contribution in [0.15, 0.2) is 71.0 Å². The van der Waals surface area contributed by atoms with Crippen molar-refractivity contribution >= 4 is 23.7 Å². The lowest BCUT2D eigenvalue weighted by Gasteiger charge is -2.16. The van der Waals surface area contributed by atoms with Crippen LogP contribution in [0.2, 0.25) is 0 Å². The van der Waals surface area contributed by atoms with Gasteiger partial charge in [0.05, 0.1) is 30.1 Å². The summed E-state index contributed by atoms with van der Waals surface area (Å²) in [4.78, 5) is 8.07. The minimum atomic E-state index is -4.41. The Bertz CT molecular complexity index is 1190. The van der Waals surface area contributed by atoms with Crippen molar-refractivity contribution in [2.45, 2.75) is 51.9 Å². The molecule has 2 aromatic rings. The van der Waals surface area contributed by atoms with Gasteiger partial charge in [-0.1, -0.05) is 44.2 Å². The number of nitrogens with zero attached hydrogens (tertiary/aromatic N) is 3. The third kappa shape index (κ3) is 8.41. The number of alkyl halides is 3. The molecule has 0 amide bonds. The van der Waals surface area contributed by atoms with E-state index in [-0.39, 0.29) is 23.9 Å². The van der Waals surface area contributed by atoms with Crippen LogP contribution in [0.4, 0.5) is 35.0 Å². The number of ether oxygens (including phenoxy) is 1. The number of hydrazone groups is 1. The van der Waals surface area contributed by atoms with E-state index in [1.807, 2.05) is 45.1 Å². The van der Waals surface area contributed by atoms with Gasteiger partial charge in [-0.3, -0.25) is 0 Å². The number of anilines is 3. The van der Waals surface area contributed by atoms with Gasteiger partial charge < -0.3 is 15.4 Å². The summed E-state index contributed by atoms with van der Waals surface area (Å²) in [6.45, 7) is 6.84. The van der Waals surface area contributed by atoms with Crippen molar-refractivity contribution in [3.8, 4) is 0 Å². The Morgan fingerprint density at radius 2 is 1.95 bits per heavy atom. The summed E-state index contributed by atoms with van der Waals surface area (Å²) in [7, 11) is 0. The maximum absolute atomic E-state index is 14.2. The van der Waals surface area contributed by atoms with Crippen LogP contribution in [0.25, 0.3) is 0 Å². The molecule has 1 aliphatic carbocycles. The molecule has 1 aromatic carbocycles. The lowest BCUT2D eigenvalue weighted by Crippen LogP contribution is -2.23. The van der Waals surface area contributed by atoms with Crippen LogP contribution in [0.3, 0.4) is 0 Å². The van der Waals surface area contributed by atoms with Gasteiger partial charge in [-0.25, -0.2) is 14.8 Å². The number of benzene rings is 1. The molecule has 0 spiro atoms. The zero-order valence-corrected chi connectivity index (χ0v) is 21.5. The van der Waals surface area contributed by atoms with Gasteiger partial charge >= 0.3 is 6.18 Å². The largest absolute Gasteiger partial charge is 0.416 e. The average molecular weight is 533 g/mol. The normalized spacial score (nSPS) is 16.6. The summed E-state index contributed by atoms with van der Waals surface area (Å²) in [5.41, 5.74) is 4.14. The van der Waals surface area contributed by atoms with Crippen molar-refractivity contribution in [3.63, 3.8) is 0 Å². The number of rotatable bonds is 12. The molecule has 3 rings (SSSR count). The zero-order chi connectivity index (χ0) is 27.5. The highest BCUT2D eigenvalue weighted by atomic mass is 19.4. The molecule has 2 atom stereocenters. The fourth-order valence-corrected chi connectivity index (χ4v) is 3.69. The first kappa shape index (κ1) is 28.8. The van der Waals surface area contributed by atoms with Crippen LogP contribution < -0.4 is 16.1 Å². The molecule has 1 aromatic heterocycles. The molecule has 11 heteroatoms. The van der Waals surface area contributed by atoms with E-state index >= 15 is 0 Å². The summed E-state index contributed by atoms with van der Waals surface area (Å²) in [6.07, 6.45) is 7.11. The highest BCUT2D eigenvalue weighted by molar-refractivity contribution is 5.85. The third-order valence-corrected chi connectivity index (χ3v) is 5.73. The highest BCUT2D eigenvalue weighted by Crippen LogP contribution is 2.31. The summed E-state index contributed by atoms with van der Waals surface area (Å²) >= 11 is 0. The quantitative estimate of drug-likeness (QED) is 0.163. The summed E-state index contributed by atoms with van der Waals surface area (Å²) in [5, 5.41) is 10.2. The van der Waals surface area contributed by atoms with Gasteiger partial charge in [0.1, 0.15) is 0 Å². The molecule has 0 aliphatic heterocycles. The molecule has 0 bridgehead atoms.